The van der Waals surface area contributed by atoms with Crippen LogP contribution in [-0.4, -0.2) is 63.5 Å². The van der Waals surface area contributed by atoms with Crippen molar-refractivity contribution in [3.8, 4) is 5.75 Å². The van der Waals surface area contributed by atoms with E-state index in [9.17, 15) is 13.2 Å². The fourth-order valence-electron chi connectivity index (χ4n) is 2.38. The summed E-state index contributed by atoms with van der Waals surface area (Å²) in [6.45, 7) is 2.28. The average Bonchev–Trinajstić information content (AvgIpc) is 3.07. The van der Waals surface area contributed by atoms with Gasteiger partial charge >= 0.3 is 0 Å². The van der Waals surface area contributed by atoms with Crippen molar-refractivity contribution in [2.24, 2.45) is 5.14 Å². The van der Waals surface area contributed by atoms with E-state index in [4.69, 9.17) is 9.88 Å². The number of hydrogen-bond acceptors (Lipinski definition) is 6. The summed E-state index contributed by atoms with van der Waals surface area (Å²) in [4.78, 5) is 13.9. The van der Waals surface area contributed by atoms with E-state index < -0.39 is 10.0 Å². The van der Waals surface area contributed by atoms with Gasteiger partial charge in [0.25, 0.3) is 0 Å². The Labute approximate surface area is 159 Å². The van der Waals surface area contributed by atoms with Crippen LogP contribution < -0.4 is 15.2 Å². The van der Waals surface area contributed by atoms with Gasteiger partial charge in [-0.15, -0.1) is 24.2 Å². The standard InChI is InChI=1S/C15H23N3O4S2.ClH/c1-18(12-6-7-17-10-12)15(19)11-23-9-8-22-13-2-4-14(5-3-13)24(16,20)21;/h2-5,12,17H,6-11H2,1H3,(H2,16,20,21);1H. The predicted molar refractivity (Wildman–Crippen MR) is 102 cm³/mol. The van der Waals surface area contributed by atoms with E-state index >= 15 is 0 Å². The van der Waals surface area contributed by atoms with Crippen LogP contribution in [0.15, 0.2) is 29.2 Å². The van der Waals surface area contributed by atoms with Gasteiger partial charge in [0.1, 0.15) is 5.75 Å². The Kier molecular flexibility index (Phi) is 9.01. The molecule has 1 amide bonds. The molecule has 10 heteroatoms. The van der Waals surface area contributed by atoms with Gasteiger partial charge in [0.05, 0.1) is 17.3 Å². The lowest BCUT2D eigenvalue weighted by Gasteiger charge is -2.23. The molecule has 0 spiro atoms. The molecule has 3 N–H and O–H groups in total. The Morgan fingerprint density at radius 1 is 1.40 bits per heavy atom. The molecule has 1 fully saturated rings. The van der Waals surface area contributed by atoms with Gasteiger partial charge in [0.15, 0.2) is 0 Å². The molecule has 25 heavy (non-hydrogen) atoms. The van der Waals surface area contributed by atoms with E-state index in [2.05, 4.69) is 5.32 Å². The van der Waals surface area contributed by atoms with Gasteiger partial charge in [-0.2, -0.15) is 0 Å². The van der Waals surface area contributed by atoms with E-state index in [1.54, 1.807) is 12.1 Å². The molecule has 0 saturated carbocycles. The lowest BCUT2D eigenvalue weighted by molar-refractivity contribution is -0.128. The molecule has 7 nitrogen and oxygen atoms in total. The molecule has 1 unspecified atom stereocenters. The zero-order chi connectivity index (χ0) is 17.6. The molecular formula is C15H24ClN3O4S2. The summed E-state index contributed by atoms with van der Waals surface area (Å²) in [6, 6.07) is 6.25. The minimum Gasteiger partial charge on any atom is -0.493 e. The number of nitrogens with zero attached hydrogens (tertiary/aromatic N) is 1. The summed E-state index contributed by atoms with van der Waals surface area (Å²) >= 11 is 1.52. The third-order valence-electron chi connectivity index (χ3n) is 3.85. The Morgan fingerprint density at radius 2 is 2.08 bits per heavy atom. The van der Waals surface area contributed by atoms with Crippen molar-refractivity contribution in [3.05, 3.63) is 24.3 Å². The summed E-state index contributed by atoms with van der Waals surface area (Å²) in [5.74, 6) is 1.81. The van der Waals surface area contributed by atoms with E-state index in [1.807, 2.05) is 11.9 Å². The highest BCUT2D eigenvalue weighted by Crippen LogP contribution is 2.15. The smallest absolute Gasteiger partial charge is 0.238 e. The largest absolute Gasteiger partial charge is 0.493 e. The molecule has 142 valence electrons. The maximum atomic E-state index is 12.1. The van der Waals surface area contributed by atoms with Crippen LogP contribution in [-0.2, 0) is 14.8 Å². The van der Waals surface area contributed by atoms with Gasteiger partial charge < -0.3 is 15.0 Å². The number of ether oxygens (including phenoxy) is 1. The van der Waals surface area contributed by atoms with Crippen LogP contribution in [0.2, 0.25) is 0 Å². The van der Waals surface area contributed by atoms with E-state index in [-0.39, 0.29) is 23.2 Å². The third kappa shape index (κ3) is 7.02. The second-order valence-electron chi connectivity index (χ2n) is 5.57. The van der Waals surface area contributed by atoms with E-state index in [0.29, 0.717) is 29.9 Å². The molecule has 1 aliphatic heterocycles. The van der Waals surface area contributed by atoms with Crippen LogP contribution >= 0.6 is 24.2 Å². The summed E-state index contributed by atoms with van der Waals surface area (Å²) in [6.07, 6.45) is 1.00. The van der Waals surface area contributed by atoms with Crippen LogP contribution in [0.3, 0.4) is 0 Å². The van der Waals surface area contributed by atoms with Crippen molar-refractivity contribution < 1.29 is 17.9 Å². The van der Waals surface area contributed by atoms with Gasteiger partial charge in [-0.05, 0) is 37.2 Å². The van der Waals surface area contributed by atoms with Crippen LogP contribution in [0.1, 0.15) is 6.42 Å². The van der Waals surface area contributed by atoms with Crippen LogP contribution in [0.4, 0.5) is 0 Å². The number of carbonyl (C=O) groups excluding carboxylic acids is 1. The van der Waals surface area contributed by atoms with Crippen molar-refractivity contribution in [1.29, 1.82) is 0 Å². The highest BCUT2D eigenvalue weighted by atomic mass is 35.5. The molecule has 1 aromatic carbocycles. The Bertz CT molecular complexity index is 649. The maximum absolute atomic E-state index is 12.1. The molecular weight excluding hydrogens is 386 g/mol. The highest BCUT2D eigenvalue weighted by molar-refractivity contribution is 7.99. The Balaban J connectivity index is 0.00000312. The molecule has 1 aromatic rings. The number of halogens is 1. The molecule has 0 aromatic heterocycles. The number of thioether (sulfide) groups is 1. The fourth-order valence-corrected chi connectivity index (χ4v) is 3.62. The van der Waals surface area contributed by atoms with Gasteiger partial charge in [0.2, 0.25) is 15.9 Å². The predicted octanol–water partition coefficient (Wildman–Crippen LogP) is 0.688. The molecule has 0 aliphatic carbocycles. The van der Waals surface area contributed by atoms with Gasteiger partial charge in [-0.3, -0.25) is 4.79 Å². The minimum atomic E-state index is -3.68. The number of sulfonamides is 1. The second kappa shape index (κ2) is 10.2. The molecule has 1 atom stereocenters. The number of hydrogen-bond donors (Lipinski definition) is 2. The van der Waals surface area contributed by atoms with Crippen molar-refractivity contribution >= 4 is 40.1 Å². The number of rotatable bonds is 8. The summed E-state index contributed by atoms with van der Waals surface area (Å²) in [5.41, 5.74) is 0. The number of amides is 1. The number of carbonyl (C=O) groups is 1. The average molecular weight is 410 g/mol. The normalized spacial score (nSPS) is 17.0. The first-order valence-electron chi connectivity index (χ1n) is 7.67. The van der Waals surface area contributed by atoms with Gasteiger partial charge in [-0.25, -0.2) is 13.6 Å². The third-order valence-corrected chi connectivity index (χ3v) is 5.69. The number of benzene rings is 1. The first-order chi connectivity index (χ1) is 11.4. The molecule has 1 aliphatic rings. The van der Waals surface area contributed by atoms with Crippen molar-refractivity contribution in [2.75, 3.05) is 38.2 Å². The van der Waals surface area contributed by atoms with Crippen molar-refractivity contribution in [3.63, 3.8) is 0 Å². The quantitative estimate of drug-likeness (QED) is 0.612. The summed E-state index contributed by atoms with van der Waals surface area (Å²) in [5, 5.41) is 8.28. The van der Waals surface area contributed by atoms with E-state index in [0.717, 1.165) is 19.5 Å². The lowest BCUT2D eigenvalue weighted by atomic mass is 10.2. The Hall–Kier alpha value is -1.00. The zero-order valence-electron chi connectivity index (χ0n) is 14.0. The first kappa shape index (κ1) is 22.0. The Morgan fingerprint density at radius 3 is 2.64 bits per heavy atom. The first-order valence-corrected chi connectivity index (χ1v) is 10.4. The fraction of sp³-hybridized carbons (Fsp3) is 0.533. The molecule has 0 radical (unpaired) electrons. The van der Waals surface area contributed by atoms with Crippen LogP contribution in [0.5, 0.6) is 5.75 Å². The molecule has 0 bridgehead atoms. The topological polar surface area (TPSA) is 102 Å². The summed E-state index contributed by atoms with van der Waals surface area (Å²) in [7, 11) is -1.83. The lowest BCUT2D eigenvalue weighted by Crippen LogP contribution is -2.39. The van der Waals surface area contributed by atoms with Gasteiger partial charge in [-0.1, -0.05) is 0 Å². The highest BCUT2D eigenvalue weighted by Gasteiger charge is 2.22. The number of likely N-dealkylation sites (N-methyl/N-ethyl adjacent to an activating group) is 1. The molecule has 1 heterocycles. The van der Waals surface area contributed by atoms with Crippen LogP contribution in [0, 0.1) is 0 Å². The second-order valence-corrected chi connectivity index (χ2v) is 8.24. The van der Waals surface area contributed by atoms with Crippen LogP contribution in [0.25, 0.3) is 0 Å². The summed E-state index contributed by atoms with van der Waals surface area (Å²) < 4.78 is 27.8. The number of nitrogens with two attached hydrogens (primary N) is 1. The minimum absolute atomic E-state index is 0. The zero-order valence-corrected chi connectivity index (χ0v) is 16.5. The number of nitrogens with one attached hydrogen (secondary N) is 1. The number of primary sulfonamides is 1. The SMILES string of the molecule is CN(C(=O)CSCCOc1ccc(S(N)(=O)=O)cc1)C1CCNC1.Cl. The molecule has 2 rings (SSSR count). The van der Waals surface area contributed by atoms with E-state index in [1.165, 1.54) is 23.9 Å². The monoisotopic (exact) mass is 409 g/mol. The van der Waals surface area contributed by atoms with Crippen molar-refractivity contribution in [2.45, 2.75) is 17.4 Å². The maximum Gasteiger partial charge on any atom is 0.238 e. The molecule has 1 saturated heterocycles. The van der Waals surface area contributed by atoms with Gasteiger partial charge in [0, 0.05) is 25.4 Å². The van der Waals surface area contributed by atoms with Crippen molar-refractivity contribution in [1.82, 2.24) is 10.2 Å².